The van der Waals surface area contributed by atoms with Gasteiger partial charge < -0.3 is 80.2 Å². The number of guanidine groups is 1. The van der Waals surface area contributed by atoms with E-state index in [9.17, 15) is 53.4 Å². The molecule has 2 heterocycles. The molecule has 1 fully saturated rings. The van der Waals surface area contributed by atoms with Crippen molar-refractivity contribution in [3.8, 4) is 0 Å². The van der Waals surface area contributed by atoms with Gasteiger partial charge in [0.1, 0.15) is 48.3 Å². The molecule has 1 aromatic heterocycles. The fourth-order valence-electron chi connectivity index (χ4n) is 7.24. The number of carbonyl (C=O) groups excluding carboxylic acids is 8. The summed E-state index contributed by atoms with van der Waals surface area (Å²) >= 11 is 0. The number of aliphatic hydroxyl groups excluding tert-OH is 1. The number of rotatable bonds is 30. The Hall–Kier alpha value is -6.41. The Balaban J connectivity index is 2.29. The Morgan fingerprint density at radius 2 is 1.35 bits per heavy atom. The van der Waals surface area contributed by atoms with Crippen LogP contribution in [-0.4, -0.2) is 165 Å². The largest absolute Gasteiger partial charge is 0.480 e. The highest BCUT2D eigenvalue weighted by atomic mass is 16.4. The lowest BCUT2D eigenvalue weighted by Crippen LogP contribution is -2.60. The molecule has 8 amide bonds. The minimum Gasteiger partial charge on any atom is -0.480 e. The zero-order chi connectivity index (χ0) is 51.1. The van der Waals surface area contributed by atoms with Crippen molar-refractivity contribution in [2.45, 2.75) is 141 Å². The molecular weight excluding hydrogens is 891 g/mol. The van der Waals surface area contributed by atoms with E-state index in [1.807, 2.05) is 0 Å². The number of aliphatic carboxylic acids is 1. The van der Waals surface area contributed by atoms with E-state index in [1.54, 1.807) is 27.7 Å². The van der Waals surface area contributed by atoms with Gasteiger partial charge in [0.15, 0.2) is 5.96 Å². The summed E-state index contributed by atoms with van der Waals surface area (Å²) in [6.45, 7) is 7.67. The Labute approximate surface area is 395 Å². The predicted molar refractivity (Wildman–Crippen MR) is 247 cm³/mol. The molecule has 1 saturated heterocycles. The summed E-state index contributed by atoms with van der Waals surface area (Å²) in [7, 11) is 0. The van der Waals surface area contributed by atoms with Gasteiger partial charge in [0.05, 0.1) is 19.5 Å². The van der Waals surface area contributed by atoms with Gasteiger partial charge >= 0.3 is 5.97 Å². The SMILES string of the molecule is CC(C)C[C@H](NC(=O)[C@@H](NC(=O)[C@H](CCCN=C(N)N)NC(=O)[C@H](C)NC(=O)[C@H](CCCCN)NC(=O)[C@H](Cc1cnc[nH]1)NC(=O)[C@H](CO)NC(=O)[C@@H]1CCCN1C(=O)CN)C(C)C)C(=O)O. The highest BCUT2D eigenvalue weighted by molar-refractivity contribution is 5.98. The van der Waals surface area contributed by atoms with E-state index in [2.05, 4.69) is 52.2 Å². The van der Waals surface area contributed by atoms with Crippen molar-refractivity contribution in [1.29, 1.82) is 0 Å². The Kier molecular flexibility index (Phi) is 24.9. The highest BCUT2D eigenvalue weighted by Crippen LogP contribution is 2.18. The van der Waals surface area contributed by atoms with Gasteiger partial charge in [0, 0.05) is 31.4 Å². The maximum atomic E-state index is 14.0. The van der Waals surface area contributed by atoms with E-state index in [0.29, 0.717) is 31.4 Å². The topological polar surface area (TPSA) is 427 Å². The van der Waals surface area contributed by atoms with Crippen LogP contribution in [0.25, 0.3) is 0 Å². The second-order valence-electron chi connectivity index (χ2n) is 17.4. The van der Waals surface area contributed by atoms with E-state index in [4.69, 9.17) is 22.9 Å². The van der Waals surface area contributed by atoms with Crippen LogP contribution in [0, 0.1) is 11.8 Å². The summed E-state index contributed by atoms with van der Waals surface area (Å²) in [4.78, 5) is 132. The van der Waals surface area contributed by atoms with Gasteiger partial charge in [0.25, 0.3) is 0 Å². The van der Waals surface area contributed by atoms with Crippen LogP contribution in [0.5, 0.6) is 0 Å². The van der Waals surface area contributed by atoms with Crippen LogP contribution < -0.4 is 60.2 Å². The lowest BCUT2D eigenvalue weighted by atomic mass is 9.99. The number of likely N-dealkylation sites (tertiary alicyclic amines) is 1. The summed E-state index contributed by atoms with van der Waals surface area (Å²) in [5.41, 5.74) is 22.5. The first-order valence-corrected chi connectivity index (χ1v) is 22.8. The number of hydrogen-bond donors (Lipinski definition) is 14. The molecule has 26 nitrogen and oxygen atoms in total. The number of aliphatic hydroxyl groups is 1. The second kappa shape index (κ2) is 29.4. The minimum absolute atomic E-state index is 0.0262. The molecule has 68 heavy (non-hydrogen) atoms. The molecule has 0 aliphatic carbocycles. The third kappa shape index (κ3) is 19.4. The number of aromatic amines is 1. The molecule has 2 rings (SSSR count). The zero-order valence-electron chi connectivity index (χ0n) is 39.5. The number of aromatic nitrogens is 2. The number of nitrogens with zero attached hydrogens (tertiary/aromatic N) is 3. The van der Waals surface area contributed by atoms with Crippen molar-refractivity contribution in [2.24, 2.45) is 39.8 Å². The molecule has 382 valence electrons. The quantitative estimate of drug-likeness (QED) is 0.0196. The van der Waals surface area contributed by atoms with Crippen LogP contribution in [-0.2, 0) is 49.6 Å². The van der Waals surface area contributed by atoms with Crippen LogP contribution in [0.15, 0.2) is 17.5 Å². The van der Waals surface area contributed by atoms with Gasteiger partial charge in [-0.05, 0) is 76.7 Å². The molecule has 18 N–H and O–H groups in total. The number of imidazole rings is 1. The molecule has 1 aliphatic heterocycles. The molecule has 1 aliphatic rings. The molecular formula is C42H73N15O11. The first kappa shape index (κ1) is 57.7. The Morgan fingerprint density at radius 3 is 1.91 bits per heavy atom. The van der Waals surface area contributed by atoms with Crippen LogP contribution in [0.1, 0.15) is 91.7 Å². The molecule has 0 radical (unpaired) electrons. The van der Waals surface area contributed by atoms with Crippen LogP contribution in [0.4, 0.5) is 0 Å². The third-order valence-corrected chi connectivity index (χ3v) is 11.0. The molecule has 8 atom stereocenters. The Morgan fingerprint density at radius 1 is 0.765 bits per heavy atom. The number of hydrogen-bond acceptors (Lipinski definition) is 14. The van der Waals surface area contributed by atoms with Gasteiger partial charge in [-0.15, -0.1) is 0 Å². The van der Waals surface area contributed by atoms with Crippen molar-refractivity contribution in [3.63, 3.8) is 0 Å². The summed E-state index contributed by atoms with van der Waals surface area (Å²) in [5.74, 6) is -8.13. The van der Waals surface area contributed by atoms with Crippen molar-refractivity contribution in [1.82, 2.24) is 52.1 Å². The normalized spacial score (nSPS) is 16.5. The lowest BCUT2D eigenvalue weighted by Gasteiger charge is -2.28. The number of carbonyl (C=O) groups is 9. The van der Waals surface area contributed by atoms with E-state index >= 15 is 0 Å². The van der Waals surface area contributed by atoms with E-state index in [-0.39, 0.29) is 70.2 Å². The number of carboxylic acids is 1. The maximum absolute atomic E-state index is 14.0. The molecule has 26 heteroatoms. The fraction of sp³-hybridized carbons (Fsp3) is 0.690. The fourth-order valence-corrected chi connectivity index (χ4v) is 7.24. The predicted octanol–water partition coefficient (Wildman–Crippen LogP) is -4.72. The first-order valence-electron chi connectivity index (χ1n) is 22.8. The average Bonchev–Trinajstić information content (AvgIpc) is 4.00. The van der Waals surface area contributed by atoms with Crippen molar-refractivity contribution in [2.75, 3.05) is 32.8 Å². The maximum Gasteiger partial charge on any atom is 0.326 e. The summed E-state index contributed by atoms with van der Waals surface area (Å²) in [6, 6.07) is -10.2. The lowest BCUT2D eigenvalue weighted by molar-refractivity contribution is -0.143. The van der Waals surface area contributed by atoms with Gasteiger partial charge in [-0.3, -0.25) is 43.3 Å². The van der Waals surface area contributed by atoms with Crippen LogP contribution >= 0.6 is 0 Å². The Bertz CT molecular complexity index is 1880. The molecule has 1 aromatic rings. The smallest absolute Gasteiger partial charge is 0.326 e. The monoisotopic (exact) mass is 964 g/mol. The number of carboxylic acid groups (broad SMARTS) is 1. The second-order valence-corrected chi connectivity index (χ2v) is 17.4. The highest BCUT2D eigenvalue weighted by Gasteiger charge is 2.37. The third-order valence-electron chi connectivity index (χ3n) is 11.0. The molecule has 0 aromatic carbocycles. The number of nitrogens with two attached hydrogens (primary N) is 4. The average molecular weight is 964 g/mol. The van der Waals surface area contributed by atoms with Crippen LogP contribution in [0.3, 0.4) is 0 Å². The molecule has 0 spiro atoms. The number of amides is 8. The van der Waals surface area contributed by atoms with Crippen molar-refractivity contribution >= 4 is 59.2 Å². The number of aliphatic imine (C=N–C) groups is 1. The minimum atomic E-state index is -1.54. The molecule has 0 bridgehead atoms. The number of H-pyrrole nitrogens is 1. The van der Waals surface area contributed by atoms with Gasteiger partial charge in [0.2, 0.25) is 47.3 Å². The molecule has 0 saturated carbocycles. The summed E-state index contributed by atoms with van der Waals surface area (Å²) < 4.78 is 0. The summed E-state index contributed by atoms with van der Waals surface area (Å²) in [5, 5.41) is 37.7. The van der Waals surface area contributed by atoms with Crippen molar-refractivity contribution < 1.29 is 53.4 Å². The first-order chi connectivity index (χ1) is 32.1. The van der Waals surface area contributed by atoms with E-state index in [1.165, 1.54) is 24.3 Å². The van der Waals surface area contributed by atoms with Crippen LogP contribution in [0.2, 0.25) is 0 Å². The van der Waals surface area contributed by atoms with E-state index < -0.39 is 114 Å². The molecule has 0 unspecified atom stereocenters. The number of unbranched alkanes of at least 4 members (excludes halogenated alkanes) is 1. The number of nitrogens with one attached hydrogen (secondary N) is 8. The van der Waals surface area contributed by atoms with Gasteiger partial charge in [-0.25, -0.2) is 9.78 Å². The standard InChI is InChI=1S/C42H73N15O11/c1-22(2)16-29(41(67)68)54-40(66)33(23(3)4)56-36(62)27(11-8-14-48-42(45)46)51-34(60)24(5)50-35(61)26(10-6-7-13-43)52-37(63)28(17-25-19-47-21-49-25)53-38(64)30(20-58)55-39(65)31-12-9-15-57(31)32(59)18-44/h19,21-24,26-31,33,58H,6-18,20,43-44H2,1-5H3,(H,47,49)(H,50,61)(H,51,60)(H,52,63)(H,53,64)(H,54,66)(H,55,65)(H,56,62)(H,67,68)(H4,45,46,48)/t24-,26-,27-,28-,29-,30-,31-,33-/m0/s1. The van der Waals surface area contributed by atoms with E-state index in [0.717, 1.165) is 0 Å². The summed E-state index contributed by atoms with van der Waals surface area (Å²) in [6.07, 6.45) is 4.55. The van der Waals surface area contributed by atoms with Crippen molar-refractivity contribution in [3.05, 3.63) is 18.2 Å². The van der Waals surface area contributed by atoms with Gasteiger partial charge in [-0.2, -0.15) is 0 Å². The zero-order valence-corrected chi connectivity index (χ0v) is 39.5. The van der Waals surface area contributed by atoms with Gasteiger partial charge in [-0.1, -0.05) is 27.7 Å².